The summed E-state index contributed by atoms with van der Waals surface area (Å²) in [7, 11) is 3.06. The zero-order valence-corrected chi connectivity index (χ0v) is 44.4. The Bertz CT molecular complexity index is 4090. The number of aliphatic imine (C=N–C) groups is 1. The monoisotopic (exact) mass is 1150 g/mol. The number of hydrogen-bond donors (Lipinski definition) is 1. The third kappa shape index (κ3) is 12.6. The molecule has 1 aliphatic rings. The van der Waals surface area contributed by atoms with Gasteiger partial charge in [0.1, 0.15) is 62.5 Å². The van der Waals surface area contributed by atoms with E-state index < -0.39 is 46.6 Å². The van der Waals surface area contributed by atoms with E-state index in [2.05, 4.69) is 45.5 Å². The van der Waals surface area contributed by atoms with Crippen molar-refractivity contribution in [1.82, 2.24) is 58.1 Å². The molecule has 0 aromatic carbocycles. The first-order valence-electron chi connectivity index (χ1n) is 23.0. The number of Topliss-reactive ketones (excluding diaryl/α,β-unsaturated/α-hetero) is 1. The molecule has 1 aliphatic heterocycles. The predicted octanol–water partition coefficient (Wildman–Crippen LogP) is 6.76. The lowest BCUT2D eigenvalue weighted by Gasteiger charge is -2.09. The first kappa shape index (κ1) is 56.7. The summed E-state index contributed by atoms with van der Waals surface area (Å²) in [6.45, 7) is 5.76. The Morgan fingerprint density at radius 3 is 1.80 bits per heavy atom. The van der Waals surface area contributed by atoms with Crippen molar-refractivity contribution >= 4 is 75.0 Å². The van der Waals surface area contributed by atoms with Crippen LogP contribution in [0.25, 0.3) is 32.3 Å². The third-order valence-corrected chi connectivity index (χ3v) is 13.7. The molecule has 22 nitrogen and oxygen atoms in total. The van der Waals surface area contributed by atoms with Crippen molar-refractivity contribution in [3.05, 3.63) is 152 Å². The summed E-state index contributed by atoms with van der Waals surface area (Å²) in [5.74, 6) is 0.996. The standard InChI is InChI=1S/C23H19F3N8O4S.C13H10ClF3N2OS.C12H12N4O3/c1-11-4-13(6-27-18(11)23(24,25)26)20-30-15(9-39-20)29-16(35)8-33-10-28-19-17(33)21(36)34(22(37)32(19)3)7-14-5-12(2)38-31-14;1-7-2-8(5-18-11(7)13(15,16)17)12-19-9(6-21-12)3-10(20)4-14;1-7-5-8(14-19-7)6-16-11(17)9-3-4-13-10(9)15(2)12(16)18/h4-6,9-10H,7-8H2,1-3H3,(H,29,35);2,5-6H,3-4H2,1H3;4-5H,3,6H2,1-2H3. The smallest absolute Gasteiger partial charge is 0.361 e. The number of hydrogen-bond acceptors (Lipinski definition) is 18. The normalized spacial score (nSPS) is 12.1. The Hall–Kier alpha value is -8.51. The summed E-state index contributed by atoms with van der Waals surface area (Å²) in [5, 5.41) is 14.3. The predicted molar refractivity (Wildman–Crippen MR) is 276 cm³/mol. The molecule has 0 spiro atoms. The molecule has 9 aromatic heterocycles. The van der Waals surface area contributed by atoms with Crippen molar-refractivity contribution in [1.29, 1.82) is 0 Å². The third-order valence-electron chi connectivity index (χ3n) is 11.6. The van der Waals surface area contributed by atoms with E-state index in [1.54, 1.807) is 44.6 Å². The van der Waals surface area contributed by atoms with Gasteiger partial charge in [-0.05, 0) is 51.0 Å². The van der Waals surface area contributed by atoms with Crippen LogP contribution in [0.5, 0.6) is 0 Å². The maximum Gasteiger partial charge on any atom is 0.433 e. The van der Waals surface area contributed by atoms with Crippen molar-refractivity contribution in [2.24, 2.45) is 19.1 Å². The van der Waals surface area contributed by atoms with Crippen LogP contribution in [-0.2, 0) is 68.5 Å². The molecule has 10 rings (SSSR count). The number of alkyl halides is 7. The fourth-order valence-corrected chi connectivity index (χ4v) is 9.59. The van der Waals surface area contributed by atoms with Crippen LogP contribution in [0.3, 0.4) is 0 Å². The molecule has 0 saturated carbocycles. The van der Waals surface area contributed by atoms with Crippen molar-refractivity contribution in [2.75, 3.05) is 11.2 Å². The summed E-state index contributed by atoms with van der Waals surface area (Å²) in [6, 6.07) is 6.02. The number of halogens is 7. The SMILES string of the molecule is Cc1cc(-c2nc(CC(=O)CCl)cs2)cnc1C(F)(F)F.Cc1cc(Cn2c(=O)c3c(n(C)c2=O)N=CC3)no1.Cc1cc(Cn2c(=O)c3c(ncn3CC(=O)Nc3csc(-c4cnc(C(F)(F)F)c(C)c4)n3)n(C)c2=O)no1. The second-order valence-corrected chi connectivity index (χ2v) is 19.5. The number of thiazole rings is 2. The molecular formula is C48H41ClF6N14O8S2. The lowest BCUT2D eigenvalue weighted by Crippen LogP contribution is -2.40. The second kappa shape index (κ2) is 22.8. The molecule has 0 saturated heterocycles. The van der Waals surface area contributed by atoms with Gasteiger partial charge in [-0.25, -0.2) is 29.5 Å². The first-order chi connectivity index (χ1) is 37.3. The summed E-state index contributed by atoms with van der Waals surface area (Å²) < 4.78 is 92.9. The zero-order chi connectivity index (χ0) is 57.2. The van der Waals surface area contributed by atoms with Gasteiger partial charge in [0.05, 0.1) is 43.0 Å². The number of aryl methyl sites for hydroxylation is 5. The molecule has 10 heterocycles. The lowest BCUT2D eigenvalue weighted by molar-refractivity contribution is -0.142. The van der Waals surface area contributed by atoms with Crippen molar-refractivity contribution < 1.29 is 45.0 Å². The maximum atomic E-state index is 13.2. The van der Waals surface area contributed by atoms with Gasteiger partial charge in [-0.15, -0.1) is 34.3 Å². The number of anilines is 1. The molecule has 0 aliphatic carbocycles. The van der Waals surface area contributed by atoms with E-state index in [9.17, 15) is 55.1 Å². The molecule has 0 bridgehead atoms. The topological polar surface area (TPSA) is 268 Å². The zero-order valence-electron chi connectivity index (χ0n) is 42.1. The lowest BCUT2D eigenvalue weighted by atomic mass is 10.1. The minimum absolute atomic E-state index is 0.0357. The van der Waals surface area contributed by atoms with E-state index in [4.69, 9.17) is 20.6 Å². The number of imidazole rings is 1. The van der Waals surface area contributed by atoms with Gasteiger partial charge in [0.2, 0.25) is 5.91 Å². The van der Waals surface area contributed by atoms with E-state index in [-0.39, 0.29) is 71.4 Å². The summed E-state index contributed by atoms with van der Waals surface area (Å²) in [6.07, 6.45) is -3.33. The van der Waals surface area contributed by atoms with Gasteiger partial charge in [-0.3, -0.25) is 47.4 Å². The molecule has 1 amide bonds. The van der Waals surface area contributed by atoms with Gasteiger partial charge < -0.3 is 18.9 Å². The number of carbonyl (C=O) groups is 2. The molecule has 0 unspecified atom stereocenters. The van der Waals surface area contributed by atoms with Crippen molar-refractivity contribution in [3.8, 4) is 21.1 Å². The Kier molecular flexibility index (Phi) is 16.4. The number of amides is 1. The highest BCUT2D eigenvalue weighted by Crippen LogP contribution is 2.34. The van der Waals surface area contributed by atoms with Crippen LogP contribution in [0.1, 0.15) is 56.7 Å². The average molecular weight is 1160 g/mol. The first-order valence-corrected chi connectivity index (χ1v) is 25.3. The second-order valence-electron chi connectivity index (χ2n) is 17.5. The van der Waals surface area contributed by atoms with Crippen molar-refractivity contribution in [2.45, 2.75) is 72.5 Å². The number of fused-ring (bicyclic) bond motifs is 2. The minimum atomic E-state index is -4.56. The summed E-state index contributed by atoms with van der Waals surface area (Å²) in [4.78, 5) is 98.1. The number of nitrogens with one attached hydrogen (secondary N) is 1. The fraction of sp³-hybridized carbons (Fsp3) is 0.292. The largest absolute Gasteiger partial charge is 0.433 e. The molecular weight excluding hydrogens is 1110 g/mol. The van der Waals surface area contributed by atoms with E-state index >= 15 is 0 Å². The minimum Gasteiger partial charge on any atom is -0.361 e. The number of aromatic nitrogens is 12. The van der Waals surface area contributed by atoms with Gasteiger partial charge >= 0.3 is 23.7 Å². The van der Waals surface area contributed by atoms with Crippen LogP contribution in [0.2, 0.25) is 0 Å². The van der Waals surface area contributed by atoms with Gasteiger partial charge in [0.25, 0.3) is 11.1 Å². The fourth-order valence-electron chi connectivity index (χ4n) is 7.96. The van der Waals surface area contributed by atoms with E-state index in [1.807, 2.05) is 0 Å². The van der Waals surface area contributed by atoms with Crippen LogP contribution in [0.15, 0.2) is 87.0 Å². The highest BCUT2D eigenvalue weighted by molar-refractivity contribution is 7.13. The summed E-state index contributed by atoms with van der Waals surface area (Å²) >= 11 is 7.78. The van der Waals surface area contributed by atoms with Gasteiger partial charge in [-0.1, -0.05) is 10.3 Å². The van der Waals surface area contributed by atoms with Gasteiger partial charge in [0, 0.05) is 73.1 Å². The van der Waals surface area contributed by atoms with Gasteiger partial charge in [0.15, 0.2) is 16.9 Å². The van der Waals surface area contributed by atoms with E-state index in [0.717, 1.165) is 32.9 Å². The van der Waals surface area contributed by atoms with Gasteiger partial charge in [-0.2, -0.15) is 26.3 Å². The molecule has 1 N–H and O–H groups in total. The van der Waals surface area contributed by atoms with Crippen LogP contribution < -0.4 is 27.8 Å². The molecule has 412 valence electrons. The average Bonchev–Trinajstić information content (AvgIpc) is 4.36. The molecule has 0 atom stereocenters. The molecule has 0 fully saturated rings. The highest BCUT2D eigenvalue weighted by atomic mass is 35.5. The number of pyridine rings is 2. The molecule has 9 aromatic rings. The Balaban J connectivity index is 0.000000172. The Labute approximate surface area is 452 Å². The van der Waals surface area contributed by atoms with Crippen LogP contribution >= 0.6 is 34.3 Å². The number of ketones is 1. The Morgan fingerprint density at radius 1 is 0.722 bits per heavy atom. The quantitative estimate of drug-likeness (QED) is 0.0978. The highest BCUT2D eigenvalue weighted by Gasteiger charge is 2.35. The Morgan fingerprint density at radius 2 is 1.27 bits per heavy atom. The van der Waals surface area contributed by atoms with Crippen LogP contribution in [0.4, 0.5) is 38.0 Å². The molecule has 31 heteroatoms. The maximum absolute atomic E-state index is 13.2. The number of carbonyl (C=O) groups excluding carboxylic acids is 2. The van der Waals surface area contributed by atoms with E-state index in [1.165, 1.54) is 69.8 Å². The number of rotatable bonds is 12. The molecule has 0 radical (unpaired) electrons. The summed E-state index contributed by atoms with van der Waals surface area (Å²) in [5.41, 5.74) is -0.818. The molecule has 79 heavy (non-hydrogen) atoms. The number of nitrogens with zero attached hydrogens (tertiary/aromatic N) is 13. The van der Waals surface area contributed by atoms with Crippen LogP contribution in [0, 0.1) is 27.7 Å². The van der Waals surface area contributed by atoms with Crippen molar-refractivity contribution in [3.63, 3.8) is 0 Å². The van der Waals surface area contributed by atoms with E-state index in [0.29, 0.717) is 67.5 Å². The van der Waals surface area contributed by atoms with Crippen LogP contribution in [-0.4, -0.2) is 81.9 Å².